The molecule has 0 bridgehead atoms. The lowest BCUT2D eigenvalue weighted by atomic mass is 9.95. The molecule has 1 amide bonds. The molecule has 0 aromatic heterocycles. The van der Waals surface area contributed by atoms with Gasteiger partial charge in [0.2, 0.25) is 5.91 Å². The monoisotopic (exact) mass is 307 g/mol. The number of rotatable bonds is 1. The maximum absolute atomic E-state index is 13.3. The fourth-order valence-electron chi connectivity index (χ4n) is 3.83. The molecule has 0 radical (unpaired) electrons. The van der Waals surface area contributed by atoms with E-state index in [0.717, 1.165) is 41.8 Å². The maximum atomic E-state index is 13.3. The number of hydrogen-bond donors (Lipinski definition) is 0. The molecule has 118 valence electrons. The summed E-state index contributed by atoms with van der Waals surface area (Å²) in [5, 5.41) is 0. The van der Waals surface area contributed by atoms with Crippen LogP contribution in [0, 0.1) is 0 Å². The molecule has 1 saturated heterocycles. The van der Waals surface area contributed by atoms with Crippen molar-refractivity contribution in [3.8, 4) is 11.1 Å². The highest BCUT2D eigenvalue weighted by atomic mass is 16.2. The normalized spacial score (nSPS) is 19.3. The highest BCUT2D eigenvalue weighted by Gasteiger charge is 2.38. The van der Waals surface area contributed by atoms with Crippen LogP contribution < -0.4 is 0 Å². The van der Waals surface area contributed by atoms with Crippen molar-refractivity contribution in [3.63, 3.8) is 0 Å². The van der Waals surface area contributed by atoms with Gasteiger partial charge in [-0.15, -0.1) is 0 Å². The zero-order valence-corrected chi connectivity index (χ0v) is 13.8. The van der Waals surface area contributed by atoms with E-state index >= 15 is 0 Å². The Hall–Kier alpha value is -2.13. The minimum Gasteiger partial charge on any atom is -0.331 e. The molecular formula is C20H23N2O+. The van der Waals surface area contributed by atoms with Gasteiger partial charge >= 0.3 is 0 Å². The Morgan fingerprint density at radius 3 is 1.91 bits per heavy atom. The van der Waals surface area contributed by atoms with Crippen LogP contribution >= 0.6 is 0 Å². The lowest BCUT2D eigenvalue weighted by Crippen LogP contribution is -2.56. The minimum atomic E-state index is -0.129. The van der Waals surface area contributed by atoms with Crippen LogP contribution in [0.2, 0.25) is 0 Å². The average molecular weight is 307 g/mol. The lowest BCUT2D eigenvalue weighted by Gasteiger charge is -2.40. The van der Waals surface area contributed by atoms with Gasteiger partial charge in [-0.3, -0.25) is 4.79 Å². The topological polar surface area (TPSA) is 20.3 Å². The Morgan fingerprint density at radius 1 is 0.913 bits per heavy atom. The molecule has 2 aromatic carbocycles. The number of carbonyl (C=O) groups is 1. The first-order valence-corrected chi connectivity index (χ1v) is 8.36. The van der Waals surface area contributed by atoms with Gasteiger partial charge < -0.3 is 9.38 Å². The highest BCUT2D eigenvalue weighted by molar-refractivity contribution is 5.96. The second-order valence-electron chi connectivity index (χ2n) is 7.32. The van der Waals surface area contributed by atoms with Crippen LogP contribution in [-0.4, -0.2) is 55.6 Å². The van der Waals surface area contributed by atoms with Crippen molar-refractivity contribution < 1.29 is 9.28 Å². The summed E-state index contributed by atoms with van der Waals surface area (Å²) in [5.41, 5.74) is 4.76. The van der Waals surface area contributed by atoms with Crippen LogP contribution in [0.5, 0.6) is 0 Å². The quantitative estimate of drug-likeness (QED) is 0.742. The highest BCUT2D eigenvalue weighted by Crippen LogP contribution is 2.45. The van der Waals surface area contributed by atoms with Gasteiger partial charge in [0.15, 0.2) is 0 Å². The van der Waals surface area contributed by atoms with Gasteiger partial charge in [-0.2, -0.15) is 0 Å². The van der Waals surface area contributed by atoms with Gasteiger partial charge in [0.05, 0.1) is 46.2 Å². The zero-order chi connectivity index (χ0) is 16.0. The summed E-state index contributed by atoms with van der Waals surface area (Å²) in [4.78, 5) is 15.3. The molecule has 2 aliphatic rings. The second kappa shape index (κ2) is 5.20. The summed E-state index contributed by atoms with van der Waals surface area (Å²) in [6, 6.07) is 16.7. The van der Waals surface area contributed by atoms with Crippen molar-refractivity contribution in [2.75, 3.05) is 40.3 Å². The Balaban J connectivity index is 1.70. The number of amides is 1. The van der Waals surface area contributed by atoms with Gasteiger partial charge in [0, 0.05) is 0 Å². The Labute approximate surface area is 137 Å². The number of hydrogen-bond acceptors (Lipinski definition) is 1. The number of likely N-dealkylation sites (N-methyl/N-ethyl adjacent to an activating group) is 1. The first-order valence-electron chi connectivity index (χ1n) is 8.36. The molecule has 0 spiro atoms. The Morgan fingerprint density at radius 2 is 1.39 bits per heavy atom. The summed E-state index contributed by atoms with van der Waals surface area (Å²) >= 11 is 0. The molecule has 1 fully saturated rings. The third-order valence-electron chi connectivity index (χ3n) is 5.34. The van der Waals surface area contributed by atoms with Crippen molar-refractivity contribution in [2.24, 2.45) is 0 Å². The van der Waals surface area contributed by atoms with Crippen LogP contribution in [0.15, 0.2) is 48.5 Å². The number of quaternary nitrogens is 1. The van der Waals surface area contributed by atoms with E-state index in [9.17, 15) is 4.79 Å². The SMILES string of the molecule is C[N+]1(C)CCN(C(=O)C2c3ccccc3-c3ccccc32)CC1. The van der Waals surface area contributed by atoms with E-state index in [1.165, 1.54) is 11.1 Å². The summed E-state index contributed by atoms with van der Waals surface area (Å²) < 4.78 is 1.00. The number of carbonyl (C=O) groups excluding carboxylic acids is 1. The molecule has 2 aromatic rings. The van der Waals surface area contributed by atoms with Crippen LogP contribution in [0.25, 0.3) is 11.1 Å². The van der Waals surface area contributed by atoms with Gasteiger partial charge in [0.25, 0.3) is 0 Å². The standard InChI is InChI=1S/C20H23N2O/c1-22(2)13-11-21(12-14-22)20(23)19-17-9-5-3-7-15(17)16-8-4-6-10-18(16)19/h3-10,19H,11-14H2,1-2H3/q+1. The summed E-state index contributed by atoms with van der Waals surface area (Å²) in [6.07, 6.45) is 0. The van der Waals surface area contributed by atoms with Gasteiger partial charge in [0.1, 0.15) is 0 Å². The molecular weight excluding hydrogens is 284 g/mol. The molecule has 3 nitrogen and oxygen atoms in total. The van der Waals surface area contributed by atoms with Crippen LogP contribution in [0.3, 0.4) is 0 Å². The fraction of sp³-hybridized carbons (Fsp3) is 0.350. The van der Waals surface area contributed by atoms with Crippen molar-refractivity contribution >= 4 is 5.91 Å². The van der Waals surface area contributed by atoms with E-state index in [2.05, 4.69) is 55.4 Å². The van der Waals surface area contributed by atoms with Gasteiger partial charge in [-0.1, -0.05) is 48.5 Å². The van der Waals surface area contributed by atoms with Crippen molar-refractivity contribution in [2.45, 2.75) is 5.92 Å². The molecule has 1 aliphatic carbocycles. The number of piperazine rings is 1. The fourth-order valence-corrected chi connectivity index (χ4v) is 3.83. The van der Waals surface area contributed by atoms with E-state index in [4.69, 9.17) is 0 Å². The Kier molecular flexibility index (Phi) is 3.27. The van der Waals surface area contributed by atoms with Crippen molar-refractivity contribution in [1.82, 2.24) is 4.90 Å². The van der Waals surface area contributed by atoms with E-state index < -0.39 is 0 Å². The predicted octanol–water partition coefficient (Wildman–Crippen LogP) is 2.72. The molecule has 0 saturated carbocycles. The summed E-state index contributed by atoms with van der Waals surface area (Å²) in [7, 11) is 4.48. The zero-order valence-electron chi connectivity index (χ0n) is 13.8. The van der Waals surface area contributed by atoms with E-state index in [1.54, 1.807) is 0 Å². The van der Waals surface area contributed by atoms with Gasteiger partial charge in [-0.25, -0.2) is 0 Å². The van der Waals surface area contributed by atoms with E-state index in [-0.39, 0.29) is 11.8 Å². The smallest absolute Gasteiger partial charge is 0.235 e. The molecule has 23 heavy (non-hydrogen) atoms. The Bertz CT molecular complexity index is 710. The second-order valence-corrected chi connectivity index (χ2v) is 7.32. The summed E-state index contributed by atoms with van der Waals surface area (Å²) in [6.45, 7) is 3.77. The number of benzene rings is 2. The predicted molar refractivity (Wildman–Crippen MR) is 92.1 cm³/mol. The van der Waals surface area contributed by atoms with Crippen molar-refractivity contribution in [3.05, 3.63) is 59.7 Å². The van der Waals surface area contributed by atoms with Crippen LogP contribution in [0.4, 0.5) is 0 Å². The molecule has 1 aliphatic heterocycles. The molecule has 0 unspecified atom stereocenters. The number of nitrogens with zero attached hydrogens (tertiary/aromatic N) is 2. The molecule has 1 heterocycles. The van der Waals surface area contributed by atoms with Crippen molar-refractivity contribution in [1.29, 1.82) is 0 Å². The van der Waals surface area contributed by atoms with Crippen LogP contribution in [0.1, 0.15) is 17.0 Å². The van der Waals surface area contributed by atoms with Gasteiger partial charge in [-0.05, 0) is 22.3 Å². The molecule has 4 rings (SSSR count). The first kappa shape index (κ1) is 14.5. The van der Waals surface area contributed by atoms with E-state index in [1.807, 2.05) is 12.1 Å². The third kappa shape index (κ3) is 2.36. The third-order valence-corrected chi connectivity index (χ3v) is 5.34. The largest absolute Gasteiger partial charge is 0.331 e. The maximum Gasteiger partial charge on any atom is 0.235 e. The lowest BCUT2D eigenvalue weighted by molar-refractivity contribution is -0.894. The molecule has 0 N–H and O–H groups in total. The summed E-state index contributed by atoms with van der Waals surface area (Å²) in [5.74, 6) is 0.137. The minimum absolute atomic E-state index is 0.129. The molecule has 0 atom stereocenters. The van der Waals surface area contributed by atoms with Crippen LogP contribution in [-0.2, 0) is 4.79 Å². The van der Waals surface area contributed by atoms with E-state index in [0.29, 0.717) is 0 Å². The average Bonchev–Trinajstić information content (AvgIpc) is 2.89. The first-order chi connectivity index (χ1) is 11.1. The number of fused-ring (bicyclic) bond motifs is 3. The molecule has 3 heteroatoms.